The van der Waals surface area contributed by atoms with E-state index in [9.17, 15) is 0 Å². The van der Waals surface area contributed by atoms with Crippen LogP contribution in [0.3, 0.4) is 0 Å². The summed E-state index contributed by atoms with van der Waals surface area (Å²) in [5, 5.41) is 2.31. The minimum Gasteiger partial charge on any atom is -0.222 e. The van der Waals surface area contributed by atoms with Crippen LogP contribution in [0.4, 0.5) is 0 Å². The highest BCUT2D eigenvalue weighted by Crippen LogP contribution is 2.42. The van der Waals surface area contributed by atoms with Gasteiger partial charge in [-0.1, -0.05) is 84.9 Å². The van der Waals surface area contributed by atoms with Crippen molar-refractivity contribution >= 4 is 10.8 Å². The summed E-state index contributed by atoms with van der Waals surface area (Å²) in [6.45, 7) is 0. The highest BCUT2D eigenvalue weighted by Gasteiger charge is 2.28. The summed E-state index contributed by atoms with van der Waals surface area (Å²) < 4.78 is 40.6. The summed E-state index contributed by atoms with van der Waals surface area (Å²) in [4.78, 5) is 0. The number of benzene rings is 4. The first-order valence-electron chi connectivity index (χ1n) is 10.1. The minimum atomic E-state index is -4.94. The van der Waals surface area contributed by atoms with Gasteiger partial charge in [0.25, 0.3) is 0 Å². The van der Waals surface area contributed by atoms with Crippen LogP contribution in [0.25, 0.3) is 44.5 Å². The molecule has 0 spiro atoms. The van der Waals surface area contributed by atoms with E-state index in [4.69, 9.17) is 23.1 Å². The van der Waals surface area contributed by atoms with E-state index in [-0.39, 0.29) is 0 Å². The summed E-state index contributed by atoms with van der Waals surface area (Å²) in [7, 11) is -4.94. The van der Waals surface area contributed by atoms with Gasteiger partial charge in [0.1, 0.15) is 0 Å². The molecule has 0 aliphatic carbocycles. The second-order valence-corrected chi connectivity index (χ2v) is 7.91. The standard InChI is InChI=1S/C27H19O.ClHO4/c1-4-12-20(13-5-1)25-23-18-10-11-19-24(23)26(21-14-6-2-7-15-21)28-27(25)22-16-8-3-9-17-22;2-1(3,4)5/h1-19H;(H,2,3,4,5)/q+1;/p-1. The van der Waals surface area contributed by atoms with E-state index in [1.165, 1.54) is 5.39 Å². The van der Waals surface area contributed by atoms with Gasteiger partial charge < -0.3 is 0 Å². The fraction of sp³-hybridized carbons (Fsp3) is 0. The van der Waals surface area contributed by atoms with Crippen LogP contribution in [0, 0.1) is 10.2 Å². The number of halogens is 1. The quantitative estimate of drug-likeness (QED) is 0.387. The summed E-state index contributed by atoms with van der Waals surface area (Å²) in [5.41, 5.74) is 4.43. The van der Waals surface area contributed by atoms with Crippen LogP contribution in [-0.4, -0.2) is 0 Å². The molecule has 0 fully saturated rings. The lowest BCUT2D eigenvalue weighted by Crippen LogP contribution is -2.68. The number of rotatable bonds is 3. The minimum absolute atomic E-state index is 0.893. The Hall–Kier alpha value is -3.58. The molecule has 0 amide bonds. The molecule has 5 aromatic rings. The molecule has 5 nitrogen and oxygen atoms in total. The smallest absolute Gasteiger partial charge is 0.222 e. The van der Waals surface area contributed by atoms with E-state index >= 15 is 0 Å². The molecule has 0 saturated heterocycles. The molecule has 0 radical (unpaired) electrons. The third-order valence-corrected chi connectivity index (χ3v) is 5.01. The Bertz CT molecular complexity index is 1330. The van der Waals surface area contributed by atoms with E-state index < -0.39 is 10.2 Å². The molecular formula is C27H19ClO5. The van der Waals surface area contributed by atoms with Crippen molar-refractivity contribution in [1.29, 1.82) is 0 Å². The van der Waals surface area contributed by atoms with Crippen LogP contribution in [0.5, 0.6) is 0 Å². The number of hydrogen-bond donors (Lipinski definition) is 0. The normalized spacial score (nSPS) is 11.0. The second kappa shape index (κ2) is 9.92. The van der Waals surface area contributed by atoms with Crippen LogP contribution >= 0.6 is 0 Å². The van der Waals surface area contributed by atoms with Crippen molar-refractivity contribution < 1.29 is 33.3 Å². The molecule has 0 atom stereocenters. The monoisotopic (exact) mass is 458 g/mol. The van der Waals surface area contributed by atoms with Gasteiger partial charge in [0.05, 0.1) is 22.1 Å². The molecule has 6 heteroatoms. The van der Waals surface area contributed by atoms with Crippen LogP contribution in [0.15, 0.2) is 120 Å². The first-order valence-corrected chi connectivity index (χ1v) is 11.3. The summed E-state index contributed by atoms with van der Waals surface area (Å²) in [5.74, 6) is 1.79. The van der Waals surface area contributed by atoms with Crippen LogP contribution in [0.1, 0.15) is 0 Å². The topological polar surface area (TPSA) is 104 Å². The Labute approximate surface area is 193 Å². The molecule has 4 aromatic carbocycles. The zero-order valence-corrected chi connectivity index (χ0v) is 18.1. The molecule has 0 N–H and O–H groups in total. The van der Waals surface area contributed by atoms with Gasteiger partial charge in [-0.3, -0.25) is 0 Å². The van der Waals surface area contributed by atoms with Crippen molar-refractivity contribution in [2.75, 3.05) is 0 Å². The molecule has 0 bridgehead atoms. The lowest BCUT2D eigenvalue weighted by atomic mass is 9.93. The number of hydrogen-bond acceptors (Lipinski definition) is 4. The number of fused-ring (bicyclic) bond motifs is 1. The third kappa shape index (κ3) is 5.62. The van der Waals surface area contributed by atoms with Crippen LogP contribution < -0.4 is 18.6 Å². The molecule has 1 aromatic heterocycles. The Kier molecular flexibility index (Phi) is 6.79. The Balaban J connectivity index is 0.000000471. The Morgan fingerprint density at radius 3 is 1.27 bits per heavy atom. The van der Waals surface area contributed by atoms with Gasteiger partial charge in [-0.05, 0) is 35.9 Å². The maximum absolute atomic E-state index is 8.49. The highest BCUT2D eigenvalue weighted by molar-refractivity contribution is 6.06. The highest BCUT2D eigenvalue weighted by atomic mass is 35.7. The van der Waals surface area contributed by atoms with Gasteiger partial charge in [0.15, 0.2) is 0 Å². The van der Waals surface area contributed by atoms with Crippen molar-refractivity contribution in [3.63, 3.8) is 0 Å². The van der Waals surface area contributed by atoms with Gasteiger partial charge in [-0.25, -0.2) is 23.1 Å². The Morgan fingerprint density at radius 2 is 0.788 bits per heavy atom. The zero-order valence-electron chi connectivity index (χ0n) is 17.4. The van der Waals surface area contributed by atoms with E-state index in [0.29, 0.717) is 0 Å². The average molecular weight is 459 g/mol. The third-order valence-electron chi connectivity index (χ3n) is 5.01. The second-order valence-electron chi connectivity index (χ2n) is 7.16. The molecule has 0 unspecified atom stereocenters. The lowest BCUT2D eigenvalue weighted by Gasteiger charge is -2.17. The predicted octanol–water partition coefficient (Wildman–Crippen LogP) is 2.96. The first-order chi connectivity index (χ1) is 15.9. The van der Waals surface area contributed by atoms with E-state index in [0.717, 1.165) is 39.2 Å². The largest absolute Gasteiger partial charge is 0.369 e. The van der Waals surface area contributed by atoms with Crippen molar-refractivity contribution in [3.05, 3.63) is 115 Å². The summed E-state index contributed by atoms with van der Waals surface area (Å²) in [6.07, 6.45) is 0. The van der Waals surface area contributed by atoms with Gasteiger partial charge >= 0.3 is 11.5 Å². The van der Waals surface area contributed by atoms with Crippen LogP contribution in [-0.2, 0) is 0 Å². The predicted molar refractivity (Wildman–Crippen MR) is 117 cm³/mol. The van der Waals surface area contributed by atoms with Gasteiger partial charge in [0.2, 0.25) is 0 Å². The molecule has 5 rings (SSSR count). The Morgan fingerprint density at radius 1 is 0.424 bits per heavy atom. The molecule has 33 heavy (non-hydrogen) atoms. The van der Waals surface area contributed by atoms with Gasteiger partial charge in [-0.2, -0.15) is 0 Å². The summed E-state index contributed by atoms with van der Waals surface area (Å²) >= 11 is 0. The fourth-order valence-electron chi connectivity index (χ4n) is 3.72. The van der Waals surface area contributed by atoms with Crippen molar-refractivity contribution in [2.24, 2.45) is 0 Å². The van der Waals surface area contributed by atoms with Crippen LogP contribution in [0.2, 0.25) is 0 Å². The maximum atomic E-state index is 8.49. The van der Waals surface area contributed by atoms with Crippen molar-refractivity contribution in [2.45, 2.75) is 0 Å². The van der Waals surface area contributed by atoms with Crippen molar-refractivity contribution in [3.8, 4) is 33.8 Å². The van der Waals surface area contributed by atoms with E-state index in [1.54, 1.807) is 0 Å². The molecule has 1 heterocycles. The fourth-order valence-corrected chi connectivity index (χ4v) is 3.72. The van der Waals surface area contributed by atoms with E-state index in [1.807, 2.05) is 30.3 Å². The molecular weight excluding hydrogens is 440 g/mol. The van der Waals surface area contributed by atoms with Gasteiger partial charge in [-0.15, -0.1) is 10.2 Å². The maximum Gasteiger partial charge on any atom is 0.369 e. The molecule has 0 aliphatic heterocycles. The van der Waals surface area contributed by atoms with Gasteiger partial charge in [0, 0.05) is 5.39 Å². The molecule has 0 saturated carbocycles. The van der Waals surface area contributed by atoms with E-state index in [2.05, 4.69) is 84.9 Å². The molecule has 164 valence electrons. The SMILES string of the molecule is [O-][Cl+3]([O-])([O-])[O-].c1ccc(-c2[o+]c(-c3ccccc3)c3ccccc3c2-c2ccccc2)cc1. The zero-order chi connectivity index (χ0) is 23.3. The van der Waals surface area contributed by atoms with Crippen molar-refractivity contribution in [1.82, 2.24) is 0 Å². The average Bonchev–Trinajstić information content (AvgIpc) is 2.83. The molecule has 0 aliphatic rings. The lowest BCUT2D eigenvalue weighted by molar-refractivity contribution is -2.00. The first kappa shape index (κ1) is 22.6. The summed E-state index contributed by atoms with van der Waals surface area (Å²) in [6, 6.07) is 39.7.